The molecular formula is C15H23ClN2O2S. The summed E-state index contributed by atoms with van der Waals surface area (Å²) in [6.07, 6.45) is 2.41. The van der Waals surface area contributed by atoms with Gasteiger partial charge in [0.05, 0.1) is 5.02 Å². The first-order valence-electron chi connectivity index (χ1n) is 7.40. The molecule has 0 aromatic heterocycles. The Morgan fingerprint density at radius 1 is 1.38 bits per heavy atom. The topological polar surface area (TPSA) is 49.4 Å². The first-order valence-corrected chi connectivity index (χ1v) is 9.21. The maximum absolute atomic E-state index is 12.7. The molecule has 1 aliphatic carbocycles. The average molecular weight is 331 g/mol. The van der Waals surface area contributed by atoms with Crippen molar-refractivity contribution in [3.63, 3.8) is 0 Å². The highest BCUT2D eigenvalue weighted by Gasteiger charge is 2.28. The van der Waals surface area contributed by atoms with E-state index in [1.807, 2.05) is 26.8 Å². The molecule has 21 heavy (non-hydrogen) atoms. The van der Waals surface area contributed by atoms with Crippen molar-refractivity contribution >= 4 is 21.6 Å². The van der Waals surface area contributed by atoms with E-state index in [1.54, 1.807) is 12.1 Å². The van der Waals surface area contributed by atoms with E-state index in [2.05, 4.69) is 5.32 Å². The number of benzene rings is 1. The lowest BCUT2D eigenvalue weighted by atomic mass is 10.2. The van der Waals surface area contributed by atoms with Crippen LogP contribution in [0.4, 0.5) is 0 Å². The Labute approximate surface area is 132 Å². The van der Waals surface area contributed by atoms with Gasteiger partial charge in [0.1, 0.15) is 4.90 Å². The Balaban J connectivity index is 2.29. The van der Waals surface area contributed by atoms with Crippen LogP contribution in [-0.2, 0) is 16.6 Å². The van der Waals surface area contributed by atoms with Gasteiger partial charge in [-0.05, 0) is 44.4 Å². The molecule has 1 aromatic rings. The van der Waals surface area contributed by atoms with E-state index in [4.69, 9.17) is 11.6 Å². The minimum absolute atomic E-state index is 0.0932. The van der Waals surface area contributed by atoms with Crippen molar-refractivity contribution < 1.29 is 8.42 Å². The van der Waals surface area contributed by atoms with Crippen LogP contribution in [0.3, 0.4) is 0 Å². The molecule has 1 N–H and O–H groups in total. The van der Waals surface area contributed by atoms with Crippen LogP contribution in [0, 0.1) is 0 Å². The standard InChI is InChI=1S/C15H23ClN2O2S/c1-4-18(11(2)3)21(19,20)15-9-12(5-8-14(15)16)10-17-13-6-7-13/h5,8-9,11,13,17H,4,6-7,10H2,1-3H3. The van der Waals surface area contributed by atoms with Gasteiger partial charge in [0.25, 0.3) is 0 Å². The fraction of sp³-hybridized carbons (Fsp3) is 0.600. The molecule has 4 nitrogen and oxygen atoms in total. The van der Waals surface area contributed by atoms with Gasteiger partial charge >= 0.3 is 0 Å². The summed E-state index contributed by atoms with van der Waals surface area (Å²) in [7, 11) is -3.55. The first-order chi connectivity index (χ1) is 9.86. The number of rotatable bonds is 7. The third-order valence-corrected chi connectivity index (χ3v) is 6.27. The Bertz CT molecular complexity index is 598. The minimum Gasteiger partial charge on any atom is -0.310 e. The smallest absolute Gasteiger partial charge is 0.244 e. The second kappa shape index (κ2) is 6.65. The first kappa shape index (κ1) is 16.7. The van der Waals surface area contributed by atoms with Gasteiger partial charge in [0.15, 0.2) is 0 Å². The van der Waals surface area contributed by atoms with Crippen molar-refractivity contribution in [2.24, 2.45) is 0 Å². The summed E-state index contributed by atoms with van der Waals surface area (Å²) in [4.78, 5) is 0.204. The maximum Gasteiger partial charge on any atom is 0.244 e. The summed E-state index contributed by atoms with van der Waals surface area (Å²) in [5.74, 6) is 0. The number of nitrogens with zero attached hydrogens (tertiary/aromatic N) is 1. The zero-order valence-corrected chi connectivity index (χ0v) is 14.3. The van der Waals surface area contributed by atoms with Crippen molar-refractivity contribution in [2.45, 2.75) is 57.1 Å². The molecule has 0 saturated heterocycles. The summed E-state index contributed by atoms with van der Waals surface area (Å²) in [5.41, 5.74) is 0.949. The molecule has 2 rings (SSSR count). The number of halogens is 1. The van der Waals surface area contributed by atoms with Gasteiger partial charge in [0.2, 0.25) is 10.0 Å². The van der Waals surface area contributed by atoms with Crippen molar-refractivity contribution in [2.75, 3.05) is 6.54 Å². The molecule has 0 heterocycles. The van der Waals surface area contributed by atoms with Crippen LogP contribution >= 0.6 is 11.6 Å². The third-order valence-electron chi connectivity index (χ3n) is 3.64. The fourth-order valence-electron chi connectivity index (χ4n) is 2.34. The zero-order chi connectivity index (χ0) is 15.6. The van der Waals surface area contributed by atoms with Crippen LogP contribution in [0.2, 0.25) is 5.02 Å². The Morgan fingerprint density at radius 2 is 2.05 bits per heavy atom. The summed E-state index contributed by atoms with van der Waals surface area (Å²) >= 11 is 6.14. The lowest BCUT2D eigenvalue weighted by Gasteiger charge is -2.25. The predicted octanol–water partition coefficient (Wildman–Crippen LogP) is 3.01. The second-order valence-electron chi connectivity index (χ2n) is 5.72. The Kier molecular flexibility index (Phi) is 5.30. The van der Waals surface area contributed by atoms with Gasteiger partial charge in [-0.25, -0.2) is 8.42 Å². The van der Waals surface area contributed by atoms with Crippen molar-refractivity contribution in [3.8, 4) is 0 Å². The van der Waals surface area contributed by atoms with Crippen molar-refractivity contribution in [1.82, 2.24) is 9.62 Å². The van der Waals surface area contributed by atoms with Gasteiger partial charge in [-0.2, -0.15) is 4.31 Å². The summed E-state index contributed by atoms with van der Waals surface area (Å²) < 4.78 is 27.0. The molecule has 1 fully saturated rings. The normalized spacial score (nSPS) is 15.9. The largest absolute Gasteiger partial charge is 0.310 e. The van der Waals surface area contributed by atoms with E-state index < -0.39 is 10.0 Å². The molecule has 1 aliphatic rings. The molecule has 0 amide bonds. The number of hydrogen-bond acceptors (Lipinski definition) is 3. The monoisotopic (exact) mass is 330 g/mol. The van der Waals surface area contributed by atoms with Gasteiger partial charge < -0.3 is 5.32 Å². The second-order valence-corrected chi connectivity index (χ2v) is 7.99. The van der Waals surface area contributed by atoms with Gasteiger partial charge in [-0.15, -0.1) is 0 Å². The van der Waals surface area contributed by atoms with Crippen molar-refractivity contribution in [3.05, 3.63) is 28.8 Å². The van der Waals surface area contributed by atoms with Crippen LogP contribution in [-0.4, -0.2) is 31.4 Å². The lowest BCUT2D eigenvalue weighted by Crippen LogP contribution is -2.36. The van der Waals surface area contributed by atoms with Gasteiger partial charge in [0, 0.05) is 25.2 Å². The maximum atomic E-state index is 12.7. The summed E-state index contributed by atoms with van der Waals surface area (Å²) in [6.45, 7) is 6.68. The number of nitrogens with one attached hydrogen (secondary N) is 1. The number of sulfonamides is 1. The van der Waals surface area contributed by atoms with Crippen molar-refractivity contribution in [1.29, 1.82) is 0 Å². The van der Waals surface area contributed by atoms with E-state index in [0.29, 0.717) is 19.1 Å². The van der Waals surface area contributed by atoms with Gasteiger partial charge in [-0.3, -0.25) is 0 Å². The quantitative estimate of drug-likeness (QED) is 0.836. The lowest BCUT2D eigenvalue weighted by molar-refractivity contribution is 0.369. The van der Waals surface area contributed by atoms with Gasteiger partial charge in [-0.1, -0.05) is 24.6 Å². The predicted molar refractivity (Wildman–Crippen MR) is 86.0 cm³/mol. The van der Waals surface area contributed by atoms with Crippen LogP contribution in [0.1, 0.15) is 39.2 Å². The molecule has 0 aliphatic heterocycles. The molecule has 0 spiro atoms. The minimum atomic E-state index is -3.55. The molecule has 1 saturated carbocycles. The van der Waals surface area contributed by atoms with Crippen LogP contribution in [0.15, 0.2) is 23.1 Å². The summed E-state index contributed by atoms with van der Waals surface area (Å²) in [5, 5.41) is 3.67. The average Bonchev–Trinajstić information content (AvgIpc) is 3.21. The molecular weight excluding hydrogens is 308 g/mol. The van der Waals surface area contributed by atoms with E-state index in [0.717, 1.165) is 5.56 Å². The highest BCUT2D eigenvalue weighted by molar-refractivity contribution is 7.89. The van der Waals surface area contributed by atoms with E-state index in [1.165, 1.54) is 17.1 Å². The molecule has 1 aromatic carbocycles. The zero-order valence-electron chi connectivity index (χ0n) is 12.8. The Morgan fingerprint density at radius 3 is 2.57 bits per heavy atom. The molecule has 6 heteroatoms. The van der Waals surface area contributed by atoms with Crippen LogP contribution < -0.4 is 5.32 Å². The molecule has 118 valence electrons. The molecule has 0 unspecified atom stereocenters. The van der Waals surface area contributed by atoms with Crippen LogP contribution in [0.25, 0.3) is 0 Å². The molecule has 0 atom stereocenters. The summed E-state index contributed by atoms with van der Waals surface area (Å²) in [6, 6.07) is 5.74. The third kappa shape index (κ3) is 3.97. The van der Waals surface area contributed by atoms with E-state index in [-0.39, 0.29) is 16.0 Å². The SMILES string of the molecule is CCN(C(C)C)S(=O)(=O)c1cc(CNC2CC2)ccc1Cl. The number of hydrogen-bond donors (Lipinski definition) is 1. The highest BCUT2D eigenvalue weighted by Crippen LogP contribution is 2.27. The highest BCUT2D eigenvalue weighted by atomic mass is 35.5. The van der Waals surface area contributed by atoms with E-state index >= 15 is 0 Å². The fourth-order valence-corrected chi connectivity index (χ4v) is 4.52. The van der Waals surface area contributed by atoms with Crippen LogP contribution in [0.5, 0.6) is 0 Å². The Hall–Kier alpha value is -0.620. The molecule has 0 radical (unpaired) electrons. The molecule has 0 bridgehead atoms. The van der Waals surface area contributed by atoms with E-state index in [9.17, 15) is 8.42 Å².